The van der Waals surface area contributed by atoms with Crippen LogP contribution in [0.2, 0.25) is 0 Å². The summed E-state index contributed by atoms with van der Waals surface area (Å²) in [5.41, 5.74) is 2.26. The van der Waals surface area contributed by atoms with E-state index in [-0.39, 0.29) is 6.79 Å². The lowest BCUT2D eigenvalue weighted by molar-refractivity contribution is 0.0497. The number of ether oxygens (including phenoxy) is 4. The fourth-order valence-electron chi connectivity index (χ4n) is 2.27. The van der Waals surface area contributed by atoms with E-state index >= 15 is 0 Å². The van der Waals surface area contributed by atoms with E-state index in [0.29, 0.717) is 30.0 Å². The number of methoxy groups -OCH3 is 3. The Kier molecular flexibility index (Phi) is 7.21. The highest BCUT2D eigenvalue weighted by Crippen LogP contribution is 2.25. The van der Waals surface area contributed by atoms with Crippen molar-refractivity contribution in [1.29, 1.82) is 0 Å². The smallest absolute Gasteiger partial charge is 0.337 e. The predicted octanol–water partition coefficient (Wildman–Crippen LogP) is 3.41. The Bertz CT molecular complexity index is 735. The second-order valence-electron chi connectivity index (χ2n) is 5.15. The Morgan fingerprint density at radius 2 is 1.92 bits per heavy atom. The summed E-state index contributed by atoms with van der Waals surface area (Å²) >= 11 is 3.50. The average molecular weight is 410 g/mol. The number of nitrogens with zero attached hydrogens (tertiary/aromatic N) is 1. The van der Waals surface area contributed by atoms with Gasteiger partial charge in [-0.25, -0.2) is 9.78 Å². The first-order valence-corrected chi connectivity index (χ1v) is 8.40. The summed E-state index contributed by atoms with van der Waals surface area (Å²) in [6, 6.07) is 8.93. The monoisotopic (exact) mass is 409 g/mol. The van der Waals surface area contributed by atoms with Crippen LogP contribution in [0.1, 0.15) is 21.6 Å². The largest absolute Gasteiger partial charge is 0.481 e. The van der Waals surface area contributed by atoms with Crippen LogP contribution in [0, 0.1) is 0 Å². The fraction of sp³-hybridized carbons (Fsp3) is 0.333. The highest BCUT2D eigenvalue weighted by molar-refractivity contribution is 9.10. The molecule has 0 unspecified atom stereocenters. The van der Waals surface area contributed by atoms with Crippen molar-refractivity contribution in [1.82, 2.24) is 4.98 Å². The molecule has 0 spiro atoms. The van der Waals surface area contributed by atoms with Crippen molar-refractivity contribution in [2.24, 2.45) is 0 Å². The van der Waals surface area contributed by atoms with E-state index in [1.54, 1.807) is 32.4 Å². The van der Waals surface area contributed by atoms with E-state index in [0.717, 1.165) is 15.7 Å². The maximum atomic E-state index is 11.7. The van der Waals surface area contributed by atoms with Crippen LogP contribution in [0.4, 0.5) is 0 Å². The summed E-state index contributed by atoms with van der Waals surface area (Å²) in [5, 5.41) is 0. The van der Waals surface area contributed by atoms with E-state index in [9.17, 15) is 4.79 Å². The molecule has 2 rings (SSSR count). The molecule has 6 nitrogen and oxygen atoms in total. The zero-order chi connectivity index (χ0) is 18.2. The van der Waals surface area contributed by atoms with Crippen molar-refractivity contribution in [3.8, 4) is 11.6 Å². The average Bonchev–Trinajstić information content (AvgIpc) is 2.65. The minimum atomic E-state index is -0.411. The Labute approximate surface area is 155 Å². The molecule has 0 atom stereocenters. The molecule has 0 amide bonds. The number of aromatic nitrogens is 1. The number of esters is 1. The maximum Gasteiger partial charge on any atom is 0.337 e. The number of halogens is 1. The predicted molar refractivity (Wildman–Crippen MR) is 96.2 cm³/mol. The number of benzene rings is 1. The third-order valence-electron chi connectivity index (χ3n) is 3.55. The second kappa shape index (κ2) is 9.39. The summed E-state index contributed by atoms with van der Waals surface area (Å²) in [4.78, 5) is 16.2. The van der Waals surface area contributed by atoms with Gasteiger partial charge >= 0.3 is 5.97 Å². The van der Waals surface area contributed by atoms with Crippen molar-refractivity contribution in [3.05, 3.63) is 51.6 Å². The van der Waals surface area contributed by atoms with Gasteiger partial charge in [0.15, 0.2) is 6.79 Å². The lowest BCUT2D eigenvalue weighted by Gasteiger charge is -2.13. The van der Waals surface area contributed by atoms with Crippen molar-refractivity contribution < 1.29 is 23.7 Å². The maximum absolute atomic E-state index is 11.7. The van der Waals surface area contributed by atoms with E-state index in [1.807, 2.05) is 12.1 Å². The first kappa shape index (κ1) is 19.2. The molecule has 1 aromatic heterocycles. The van der Waals surface area contributed by atoms with E-state index in [1.165, 1.54) is 7.11 Å². The number of aryl methyl sites for hydroxylation is 2. The highest BCUT2D eigenvalue weighted by Gasteiger charge is 2.12. The summed E-state index contributed by atoms with van der Waals surface area (Å²) in [6.07, 6.45) is 1.36. The molecule has 0 fully saturated rings. The first-order chi connectivity index (χ1) is 12.1. The molecule has 0 aliphatic rings. The summed E-state index contributed by atoms with van der Waals surface area (Å²) in [6.45, 7) is 0.0960. The van der Waals surface area contributed by atoms with Gasteiger partial charge in [0.25, 0.3) is 0 Å². The zero-order valence-electron chi connectivity index (χ0n) is 14.4. The number of hydrogen-bond donors (Lipinski definition) is 0. The summed E-state index contributed by atoms with van der Waals surface area (Å²) in [7, 11) is 4.47. The van der Waals surface area contributed by atoms with Crippen LogP contribution in [0.25, 0.3) is 0 Å². The molecule has 0 saturated carbocycles. The number of carbonyl (C=O) groups excluding carboxylic acids is 1. The summed E-state index contributed by atoms with van der Waals surface area (Å²) < 4.78 is 21.4. The van der Waals surface area contributed by atoms with Crippen molar-refractivity contribution >= 4 is 21.9 Å². The van der Waals surface area contributed by atoms with Gasteiger partial charge in [-0.2, -0.15) is 0 Å². The molecule has 0 saturated heterocycles. The van der Waals surface area contributed by atoms with Crippen LogP contribution in [-0.2, 0) is 22.3 Å². The molecule has 0 radical (unpaired) electrons. The van der Waals surface area contributed by atoms with Crippen molar-refractivity contribution in [2.45, 2.75) is 12.8 Å². The lowest BCUT2D eigenvalue weighted by Crippen LogP contribution is -2.07. The molecule has 0 aliphatic heterocycles. The minimum absolute atomic E-state index is 0.0960. The van der Waals surface area contributed by atoms with E-state index in [2.05, 4.69) is 20.9 Å². The Balaban J connectivity index is 2.21. The topological polar surface area (TPSA) is 66.9 Å². The molecule has 7 heteroatoms. The van der Waals surface area contributed by atoms with Crippen LogP contribution in [0.15, 0.2) is 34.8 Å². The molecule has 0 bridgehead atoms. The number of hydrogen-bond acceptors (Lipinski definition) is 6. The highest BCUT2D eigenvalue weighted by atomic mass is 79.9. The lowest BCUT2D eigenvalue weighted by atomic mass is 10.0. The fourth-order valence-corrected chi connectivity index (χ4v) is 2.69. The Morgan fingerprint density at radius 1 is 1.12 bits per heavy atom. The van der Waals surface area contributed by atoms with Crippen LogP contribution in [0.5, 0.6) is 11.6 Å². The number of pyridine rings is 1. The third-order valence-corrected chi connectivity index (χ3v) is 4.28. The second-order valence-corrected chi connectivity index (χ2v) is 6.00. The molecule has 134 valence electrons. The van der Waals surface area contributed by atoms with Crippen LogP contribution in [0.3, 0.4) is 0 Å². The van der Waals surface area contributed by atoms with Gasteiger partial charge in [0.1, 0.15) is 5.75 Å². The molecule has 2 aromatic rings. The van der Waals surface area contributed by atoms with Gasteiger partial charge < -0.3 is 18.9 Å². The number of rotatable bonds is 8. The van der Waals surface area contributed by atoms with Crippen LogP contribution in [-0.4, -0.2) is 39.1 Å². The van der Waals surface area contributed by atoms with Crippen molar-refractivity contribution in [2.75, 3.05) is 28.1 Å². The van der Waals surface area contributed by atoms with Gasteiger partial charge in [-0.05, 0) is 52.5 Å². The van der Waals surface area contributed by atoms with Gasteiger partial charge in [-0.15, -0.1) is 0 Å². The molecular formula is C18H20BrNO5. The molecular weight excluding hydrogens is 390 g/mol. The van der Waals surface area contributed by atoms with Crippen molar-refractivity contribution in [3.63, 3.8) is 0 Å². The van der Waals surface area contributed by atoms with Gasteiger partial charge in [0.2, 0.25) is 5.88 Å². The summed E-state index contributed by atoms with van der Waals surface area (Å²) in [5.74, 6) is 0.741. The van der Waals surface area contributed by atoms with Crippen LogP contribution < -0.4 is 9.47 Å². The SMILES string of the molecule is COCOc1cc(C(=O)OC)ccc1CCc1nc(OC)ccc1Br. The first-order valence-electron chi connectivity index (χ1n) is 7.61. The Morgan fingerprint density at radius 3 is 2.60 bits per heavy atom. The normalized spacial score (nSPS) is 10.4. The third kappa shape index (κ3) is 5.17. The van der Waals surface area contributed by atoms with Gasteiger partial charge in [-0.3, -0.25) is 0 Å². The molecule has 1 heterocycles. The molecule has 0 N–H and O–H groups in total. The quantitative estimate of drug-likeness (QED) is 0.491. The minimum Gasteiger partial charge on any atom is -0.481 e. The zero-order valence-corrected chi connectivity index (χ0v) is 16.0. The van der Waals surface area contributed by atoms with E-state index < -0.39 is 5.97 Å². The van der Waals surface area contributed by atoms with E-state index in [4.69, 9.17) is 18.9 Å². The Hall–Kier alpha value is -2.12. The number of carbonyl (C=O) groups is 1. The standard InChI is InChI=1S/C18H20BrNO5/c1-22-11-25-16-10-13(18(21)24-3)5-4-12(16)6-8-15-14(19)7-9-17(20-15)23-2/h4-5,7,9-10H,6,8,11H2,1-3H3. The van der Waals surface area contributed by atoms with Crippen LogP contribution >= 0.6 is 15.9 Å². The van der Waals surface area contributed by atoms with Gasteiger partial charge in [0, 0.05) is 17.6 Å². The molecule has 0 aliphatic carbocycles. The molecule has 25 heavy (non-hydrogen) atoms. The van der Waals surface area contributed by atoms with Gasteiger partial charge in [0.05, 0.1) is 25.5 Å². The molecule has 1 aromatic carbocycles. The van der Waals surface area contributed by atoms with Gasteiger partial charge in [-0.1, -0.05) is 6.07 Å².